The summed E-state index contributed by atoms with van der Waals surface area (Å²) in [6.45, 7) is 4.54. The molecule has 1 N–H and O–H groups in total. The molecule has 6 heteroatoms. The lowest BCUT2D eigenvalue weighted by Gasteiger charge is -2.29. The maximum Gasteiger partial charge on any atom is 0.270 e. The van der Waals surface area contributed by atoms with E-state index in [1.54, 1.807) is 6.08 Å². The highest BCUT2D eigenvalue weighted by Crippen LogP contribution is 2.31. The molecule has 3 aromatic carbocycles. The summed E-state index contributed by atoms with van der Waals surface area (Å²) in [4.78, 5) is 27.3. The number of aryl methyl sites for hydroxylation is 1. The zero-order valence-electron chi connectivity index (χ0n) is 17.3. The van der Waals surface area contributed by atoms with E-state index in [1.807, 2.05) is 67.6 Å². The van der Waals surface area contributed by atoms with Gasteiger partial charge in [0.15, 0.2) is 5.11 Å². The average Bonchev–Trinajstić information content (AvgIpc) is 2.78. The van der Waals surface area contributed by atoms with Crippen molar-refractivity contribution in [1.29, 1.82) is 0 Å². The fourth-order valence-corrected chi connectivity index (χ4v) is 3.91. The van der Waals surface area contributed by atoms with Crippen LogP contribution in [0.25, 0.3) is 16.8 Å². The Morgan fingerprint density at radius 3 is 2.35 bits per heavy atom. The van der Waals surface area contributed by atoms with Crippen LogP contribution >= 0.6 is 12.2 Å². The normalized spacial score (nSPS) is 15.5. The zero-order chi connectivity index (χ0) is 22.0. The molecular weight excluding hydrogens is 408 g/mol. The fourth-order valence-electron chi connectivity index (χ4n) is 3.63. The zero-order valence-corrected chi connectivity index (χ0v) is 18.2. The summed E-state index contributed by atoms with van der Waals surface area (Å²) < 4.78 is 5.72. The third-order valence-corrected chi connectivity index (χ3v) is 5.51. The Morgan fingerprint density at radius 2 is 1.68 bits per heavy atom. The van der Waals surface area contributed by atoms with Gasteiger partial charge >= 0.3 is 0 Å². The number of fused-ring (bicyclic) bond motifs is 1. The van der Waals surface area contributed by atoms with Crippen LogP contribution in [0.3, 0.4) is 0 Å². The number of hydrogen-bond acceptors (Lipinski definition) is 4. The quantitative estimate of drug-likeness (QED) is 0.364. The molecule has 4 rings (SSSR count). The Kier molecular flexibility index (Phi) is 5.82. The van der Waals surface area contributed by atoms with Crippen molar-refractivity contribution in [3.8, 4) is 5.75 Å². The van der Waals surface area contributed by atoms with Crippen LogP contribution in [-0.2, 0) is 16.0 Å². The first kappa shape index (κ1) is 20.8. The number of rotatable bonds is 5. The number of nitrogens with one attached hydrogen (secondary N) is 1. The molecule has 3 aromatic rings. The molecule has 0 aromatic heterocycles. The van der Waals surface area contributed by atoms with Gasteiger partial charge in [-0.25, -0.2) is 0 Å². The minimum atomic E-state index is -0.505. The second-order valence-corrected chi connectivity index (χ2v) is 7.50. The van der Waals surface area contributed by atoms with Crippen molar-refractivity contribution in [2.24, 2.45) is 0 Å². The second kappa shape index (κ2) is 8.70. The molecule has 1 saturated heterocycles. The molecule has 0 saturated carbocycles. The number of anilines is 1. The third-order valence-electron chi connectivity index (χ3n) is 5.22. The third kappa shape index (κ3) is 3.94. The number of thiocarbonyl (C=S) groups is 1. The first-order valence-corrected chi connectivity index (χ1v) is 10.6. The molecule has 0 unspecified atom stereocenters. The molecule has 5 nitrogen and oxygen atoms in total. The van der Waals surface area contributed by atoms with Crippen LogP contribution in [0.2, 0.25) is 0 Å². The predicted octanol–water partition coefficient (Wildman–Crippen LogP) is 4.63. The van der Waals surface area contributed by atoms with Crippen LogP contribution in [0.1, 0.15) is 25.0 Å². The van der Waals surface area contributed by atoms with Crippen molar-refractivity contribution in [2.45, 2.75) is 20.3 Å². The molecule has 1 fully saturated rings. The van der Waals surface area contributed by atoms with Gasteiger partial charge in [-0.1, -0.05) is 49.4 Å². The molecule has 0 radical (unpaired) electrons. The van der Waals surface area contributed by atoms with Gasteiger partial charge in [-0.05, 0) is 66.4 Å². The van der Waals surface area contributed by atoms with Crippen molar-refractivity contribution in [1.82, 2.24) is 5.32 Å². The smallest absolute Gasteiger partial charge is 0.270 e. The minimum absolute atomic E-state index is 0.0301. The summed E-state index contributed by atoms with van der Waals surface area (Å²) in [6.07, 6.45) is 2.51. The van der Waals surface area contributed by atoms with Crippen LogP contribution in [0.5, 0.6) is 5.75 Å². The molecule has 2 amide bonds. The van der Waals surface area contributed by atoms with Gasteiger partial charge in [0.05, 0.1) is 12.3 Å². The van der Waals surface area contributed by atoms with Crippen molar-refractivity contribution in [2.75, 3.05) is 11.5 Å². The minimum Gasteiger partial charge on any atom is -0.493 e. The number of amides is 2. The highest BCUT2D eigenvalue weighted by molar-refractivity contribution is 7.80. The monoisotopic (exact) mass is 430 g/mol. The summed E-state index contributed by atoms with van der Waals surface area (Å²) in [6, 6.07) is 19.0. The van der Waals surface area contributed by atoms with Crippen LogP contribution in [0.15, 0.2) is 66.2 Å². The number of ether oxygens (including phenoxy) is 1. The molecule has 31 heavy (non-hydrogen) atoms. The Bertz CT molecular complexity index is 1220. The van der Waals surface area contributed by atoms with E-state index in [2.05, 4.69) is 12.2 Å². The predicted molar refractivity (Wildman–Crippen MR) is 127 cm³/mol. The first-order valence-electron chi connectivity index (χ1n) is 10.2. The fraction of sp³-hybridized carbons (Fsp3) is 0.160. The number of benzene rings is 3. The summed E-state index contributed by atoms with van der Waals surface area (Å²) in [5.41, 5.74) is 2.56. The van der Waals surface area contributed by atoms with E-state index in [-0.39, 0.29) is 10.7 Å². The first-order chi connectivity index (χ1) is 15.0. The lowest BCUT2D eigenvalue weighted by Crippen LogP contribution is -2.54. The van der Waals surface area contributed by atoms with Crippen LogP contribution in [0.4, 0.5) is 5.69 Å². The molecule has 0 atom stereocenters. The topological polar surface area (TPSA) is 58.6 Å². The molecule has 1 aliphatic rings. The van der Waals surface area contributed by atoms with E-state index in [9.17, 15) is 9.59 Å². The van der Waals surface area contributed by atoms with E-state index in [0.717, 1.165) is 34.1 Å². The van der Waals surface area contributed by atoms with Gasteiger partial charge < -0.3 is 4.74 Å². The van der Waals surface area contributed by atoms with Crippen molar-refractivity contribution in [3.63, 3.8) is 0 Å². The second-order valence-electron chi connectivity index (χ2n) is 7.11. The van der Waals surface area contributed by atoms with E-state index >= 15 is 0 Å². The molecule has 0 spiro atoms. The standard InChI is InChI=1S/C25H22N2O3S/c1-3-16-9-12-18(13-10-16)27-24(29)21(23(28)26-25(27)31)15-17-11-14-22(30-4-2)20-8-6-5-7-19(17)20/h5-15H,3-4H2,1-2H3,(H,26,28,31)/b21-15+. The van der Waals surface area contributed by atoms with E-state index in [4.69, 9.17) is 17.0 Å². The van der Waals surface area contributed by atoms with Crippen LogP contribution in [0, 0.1) is 0 Å². The van der Waals surface area contributed by atoms with Gasteiger partial charge in [-0.3, -0.25) is 19.8 Å². The Balaban J connectivity index is 1.78. The molecule has 1 heterocycles. The number of carbonyl (C=O) groups excluding carboxylic acids is 2. The summed E-state index contributed by atoms with van der Waals surface area (Å²) in [5.74, 6) is -0.191. The highest BCUT2D eigenvalue weighted by atomic mass is 32.1. The molecular formula is C25H22N2O3S. The van der Waals surface area contributed by atoms with Crippen molar-refractivity contribution < 1.29 is 14.3 Å². The van der Waals surface area contributed by atoms with Gasteiger partial charge in [-0.15, -0.1) is 0 Å². The number of nitrogens with zero attached hydrogens (tertiary/aromatic N) is 1. The maximum absolute atomic E-state index is 13.3. The molecule has 156 valence electrons. The van der Waals surface area contributed by atoms with Crippen LogP contribution in [-0.4, -0.2) is 23.5 Å². The van der Waals surface area contributed by atoms with Gasteiger partial charge in [0, 0.05) is 5.39 Å². The SMILES string of the molecule is CCOc1ccc(/C=C2\C(=O)NC(=S)N(c3ccc(CC)cc3)C2=O)c2ccccc12. The summed E-state index contributed by atoms with van der Waals surface area (Å²) >= 11 is 5.29. The van der Waals surface area contributed by atoms with Gasteiger partial charge in [0.2, 0.25) is 0 Å². The van der Waals surface area contributed by atoms with Crippen molar-refractivity contribution >= 4 is 51.7 Å². The molecule has 1 aliphatic heterocycles. The largest absolute Gasteiger partial charge is 0.493 e. The van der Waals surface area contributed by atoms with E-state index < -0.39 is 11.8 Å². The summed E-state index contributed by atoms with van der Waals surface area (Å²) in [7, 11) is 0. The maximum atomic E-state index is 13.3. The van der Waals surface area contributed by atoms with Gasteiger partial charge in [-0.2, -0.15) is 0 Å². The Labute approximate surface area is 186 Å². The number of carbonyl (C=O) groups is 2. The van der Waals surface area contributed by atoms with Gasteiger partial charge in [0.25, 0.3) is 11.8 Å². The summed E-state index contributed by atoms with van der Waals surface area (Å²) in [5, 5.41) is 4.54. The Hall–Kier alpha value is -3.51. The Morgan fingerprint density at radius 1 is 0.968 bits per heavy atom. The molecule has 0 bridgehead atoms. The van der Waals surface area contributed by atoms with E-state index in [1.165, 1.54) is 4.90 Å². The number of hydrogen-bond donors (Lipinski definition) is 1. The van der Waals surface area contributed by atoms with Crippen LogP contribution < -0.4 is 15.0 Å². The average molecular weight is 431 g/mol. The lowest BCUT2D eigenvalue weighted by atomic mass is 10.00. The van der Waals surface area contributed by atoms with Gasteiger partial charge in [0.1, 0.15) is 11.3 Å². The van der Waals surface area contributed by atoms with Crippen molar-refractivity contribution in [3.05, 3.63) is 77.4 Å². The lowest BCUT2D eigenvalue weighted by molar-refractivity contribution is -0.122. The molecule has 0 aliphatic carbocycles. The highest BCUT2D eigenvalue weighted by Gasteiger charge is 2.34. The van der Waals surface area contributed by atoms with E-state index in [0.29, 0.717) is 12.3 Å².